The fourth-order valence-corrected chi connectivity index (χ4v) is 3.49. The van der Waals surface area contributed by atoms with E-state index in [9.17, 15) is 8.78 Å². The molecule has 2 aliphatic heterocycles. The lowest BCUT2D eigenvalue weighted by Crippen LogP contribution is -2.57. The molecule has 2 heterocycles. The fourth-order valence-electron chi connectivity index (χ4n) is 3.49. The number of rotatable bonds is 7. The molecule has 1 aromatic rings. The molecule has 162 valence electrons. The summed E-state index contributed by atoms with van der Waals surface area (Å²) in [5.74, 6) is 1.50. The maximum absolute atomic E-state index is 12.8. The van der Waals surface area contributed by atoms with Gasteiger partial charge in [0.05, 0.1) is 0 Å². The Morgan fingerprint density at radius 1 is 1.21 bits per heavy atom. The van der Waals surface area contributed by atoms with E-state index in [4.69, 9.17) is 14.2 Å². The molecule has 1 fully saturated rings. The molecule has 0 atom stereocenters. The molecule has 0 aliphatic carbocycles. The van der Waals surface area contributed by atoms with E-state index >= 15 is 0 Å². The van der Waals surface area contributed by atoms with Crippen LogP contribution in [-0.2, 0) is 11.3 Å². The largest absolute Gasteiger partial charge is 0.454 e. The summed E-state index contributed by atoms with van der Waals surface area (Å²) >= 11 is 0. The Morgan fingerprint density at radius 3 is 2.52 bits per heavy atom. The van der Waals surface area contributed by atoms with E-state index in [1.807, 2.05) is 0 Å². The van der Waals surface area contributed by atoms with Crippen molar-refractivity contribution in [1.29, 1.82) is 0 Å². The molecule has 0 radical (unpaired) electrons. The molecule has 0 aromatic heterocycles. The molecule has 0 unspecified atom stereocenters. The minimum absolute atomic E-state index is 0.0292. The Balaban J connectivity index is 1.65. The number of alkyl halides is 2. The number of aliphatic imine (C=N–C) groups is 1. The standard InChI is InChI=1S/C19H28F2N4O4/c1-22-18(24-11-19(25(2)3)4-6-26-7-5-19)23-10-13-8-15-16(28-12-27-15)9-14(13)29-17(20)21/h8-9,17H,4-7,10-12H2,1-3H3,(H2,22,23,24). The van der Waals surface area contributed by atoms with Crippen LogP contribution in [0.3, 0.4) is 0 Å². The van der Waals surface area contributed by atoms with Crippen molar-refractivity contribution in [3.8, 4) is 17.2 Å². The van der Waals surface area contributed by atoms with Gasteiger partial charge < -0.3 is 34.5 Å². The van der Waals surface area contributed by atoms with Crippen LogP contribution in [0.15, 0.2) is 17.1 Å². The Labute approximate surface area is 169 Å². The molecular formula is C19H28F2N4O4. The van der Waals surface area contributed by atoms with E-state index in [-0.39, 0.29) is 24.6 Å². The third-order valence-electron chi connectivity index (χ3n) is 5.40. The average molecular weight is 414 g/mol. The average Bonchev–Trinajstić information content (AvgIpc) is 3.15. The van der Waals surface area contributed by atoms with Crippen LogP contribution in [0.2, 0.25) is 0 Å². The van der Waals surface area contributed by atoms with Crippen molar-refractivity contribution in [1.82, 2.24) is 15.5 Å². The van der Waals surface area contributed by atoms with E-state index in [2.05, 4.69) is 39.4 Å². The van der Waals surface area contributed by atoms with E-state index < -0.39 is 6.61 Å². The van der Waals surface area contributed by atoms with Gasteiger partial charge >= 0.3 is 6.61 Å². The van der Waals surface area contributed by atoms with Gasteiger partial charge in [0.1, 0.15) is 5.75 Å². The van der Waals surface area contributed by atoms with Gasteiger partial charge in [-0.15, -0.1) is 0 Å². The molecule has 1 aromatic carbocycles. The van der Waals surface area contributed by atoms with Gasteiger partial charge in [0.25, 0.3) is 0 Å². The first-order chi connectivity index (χ1) is 13.9. The first-order valence-corrected chi connectivity index (χ1v) is 9.50. The van der Waals surface area contributed by atoms with Crippen LogP contribution in [0, 0.1) is 0 Å². The van der Waals surface area contributed by atoms with Crippen molar-refractivity contribution >= 4 is 5.96 Å². The van der Waals surface area contributed by atoms with Crippen LogP contribution in [0.25, 0.3) is 0 Å². The highest BCUT2D eigenvalue weighted by molar-refractivity contribution is 5.79. The molecule has 0 amide bonds. The molecule has 29 heavy (non-hydrogen) atoms. The predicted molar refractivity (Wildman–Crippen MR) is 104 cm³/mol. The SMILES string of the molecule is CN=C(NCc1cc2c(cc1OC(F)F)OCO2)NCC1(N(C)C)CCOCC1. The minimum atomic E-state index is -2.93. The summed E-state index contributed by atoms with van der Waals surface area (Å²) < 4.78 is 46.3. The summed E-state index contributed by atoms with van der Waals surface area (Å²) in [5.41, 5.74) is 0.490. The van der Waals surface area contributed by atoms with Gasteiger partial charge in [-0.25, -0.2) is 0 Å². The second kappa shape index (κ2) is 9.45. The lowest BCUT2D eigenvalue weighted by Gasteiger charge is -2.43. The van der Waals surface area contributed by atoms with Gasteiger partial charge in [-0.2, -0.15) is 8.78 Å². The maximum atomic E-state index is 12.8. The van der Waals surface area contributed by atoms with Crippen LogP contribution >= 0.6 is 0 Å². The quantitative estimate of drug-likeness (QED) is 0.520. The Morgan fingerprint density at radius 2 is 1.90 bits per heavy atom. The third kappa shape index (κ3) is 5.18. The molecule has 2 aliphatic rings. The summed E-state index contributed by atoms with van der Waals surface area (Å²) in [6.45, 7) is -0.518. The van der Waals surface area contributed by atoms with Gasteiger partial charge in [-0.05, 0) is 33.0 Å². The summed E-state index contributed by atoms with van der Waals surface area (Å²) in [4.78, 5) is 6.45. The minimum Gasteiger partial charge on any atom is -0.454 e. The molecule has 0 spiro atoms. The number of fused-ring (bicyclic) bond motifs is 1. The smallest absolute Gasteiger partial charge is 0.387 e. The van der Waals surface area contributed by atoms with Crippen LogP contribution in [-0.4, -0.2) is 70.7 Å². The second-order valence-electron chi connectivity index (χ2n) is 7.20. The van der Waals surface area contributed by atoms with E-state index in [0.717, 1.165) is 26.1 Å². The zero-order valence-corrected chi connectivity index (χ0v) is 17.0. The van der Waals surface area contributed by atoms with Crippen LogP contribution in [0.1, 0.15) is 18.4 Å². The highest BCUT2D eigenvalue weighted by atomic mass is 19.3. The molecule has 3 rings (SSSR count). The molecule has 8 nitrogen and oxygen atoms in total. The highest BCUT2D eigenvalue weighted by Gasteiger charge is 2.34. The first kappa shape index (κ1) is 21.4. The second-order valence-corrected chi connectivity index (χ2v) is 7.20. The summed E-state index contributed by atoms with van der Waals surface area (Å²) in [7, 11) is 5.78. The molecule has 10 heteroatoms. The number of benzene rings is 1. The molecule has 0 saturated carbocycles. The Hall–Kier alpha value is -2.33. The van der Waals surface area contributed by atoms with E-state index in [1.54, 1.807) is 13.1 Å². The van der Waals surface area contributed by atoms with E-state index in [0.29, 0.717) is 29.6 Å². The third-order valence-corrected chi connectivity index (χ3v) is 5.40. The topological polar surface area (TPSA) is 76.6 Å². The fraction of sp³-hybridized carbons (Fsp3) is 0.632. The van der Waals surface area contributed by atoms with Crippen molar-refractivity contribution in [2.45, 2.75) is 31.5 Å². The first-order valence-electron chi connectivity index (χ1n) is 9.50. The van der Waals surface area contributed by atoms with Crippen molar-refractivity contribution < 1.29 is 27.7 Å². The zero-order chi connectivity index (χ0) is 20.9. The number of hydrogen-bond acceptors (Lipinski definition) is 6. The van der Waals surface area contributed by atoms with E-state index in [1.165, 1.54) is 6.07 Å². The normalized spacial score (nSPS) is 18.2. The number of guanidine groups is 1. The molecule has 1 saturated heterocycles. The Bertz CT molecular complexity index is 724. The Kier molecular flexibility index (Phi) is 6.96. The molecule has 2 N–H and O–H groups in total. The van der Waals surface area contributed by atoms with Crippen LogP contribution in [0.4, 0.5) is 8.78 Å². The lowest BCUT2D eigenvalue weighted by atomic mass is 9.88. The maximum Gasteiger partial charge on any atom is 0.387 e. The van der Waals surface area contributed by atoms with Crippen molar-refractivity contribution in [2.75, 3.05) is 47.7 Å². The monoisotopic (exact) mass is 414 g/mol. The lowest BCUT2D eigenvalue weighted by molar-refractivity contribution is -0.0505. The summed E-state index contributed by atoms with van der Waals surface area (Å²) in [6.07, 6.45) is 1.83. The number of nitrogens with zero attached hydrogens (tertiary/aromatic N) is 2. The number of likely N-dealkylation sites (N-methyl/N-ethyl adjacent to an activating group) is 1. The van der Waals surface area contributed by atoms with Crippen LogP contribution < -0.4 is 24.8 Å². The predicted octanol–water partition coefficient (Wildman–Crippen LogP) is 1.79. The van der Waals surface area contributed by atoms with Gasteiger partial charge in [0.15, 0.2) is 17.5 Å². The van der Waals surface area contributed by atoms with Gasteiger partial charge in [-0.1, -0.05) is 0 Å². The molecule has 0 bridgehead atoms. The zero-order valence-electron chi connectivity index (χ0n) is 17.0. The summed E-state index contributed by atoms with van der Waals surface area (Å²) in [6, 6.07) is 3.06. The molecular weight excluding hydrogens is 386 g/mol. The highest BCUT2D eigenvalue weighted by Crippen LogP contribution is 2.38. The summed E-state index contributed by atoms with van der Waals surface area (Å²) in [5, 5.41) is 6.50. The van der Waals surface area contributed by atoms with Crippen LogP contribution in [0.5, 0.6) is 17.2 Å². The van der Waals surface area contributed by atoms with Gasteiger partial charge in [0, 0.05) is 50.5 Å². The van der Waals surface area contributed by atoms with Crippen molar-refractivity contribution in [3.05, 3.63) is 17.7 Å². The van der Waals surface area contributed by atoms with Crippen molar-refractivity contribution in [2.24, 2.45) is 4.99 Å². The van der Waals surface area contributed by atoms with Gasteiger partial charge in [0.2, 0.25) is 6.79 Å². The number of halogens is 2. The number of hydrogen-bond donors (Lipinski definition) is 2. The number of ether oxygens (including phenoxy) is 4. The van der Waals surface area contributed by atoms with Gasteiger partial charge in [-0.3, -0.25) is 4.99 Å². The van der Waals surface area contributed by atoms with Crippen molar-refractivity contribution in [3.63, 3.8) is 0 Å². The number of nitrogens with one attached hydrogen (secondary N) is 2.